The first-order chi connectivity index (χ1) is 18.1. The van der Waals surface area contributed by atoms with E-state index in [2.05, 4.69) is 34.9 Å². The molecule has 0 radical (unpaired) electrons. The first-order valence-electron chi connectivity index (χ1n) is 12.5. The van der Waals surface area contributed by atoms with Crippen molar-refractivity contribution in [2.45, 2.75) is 51.3 Å². The molecule has 38 heavy (non-hydrogen) atoms. The molecule has 3 N–H and O–H groups in total. The number of nitrogens with one attached hydrogen (secondary N) is 2. The lowest BCUT2D eigenvalue weighted by atomic mass is 9.98. The van der Waals surface area contributed by atoms with Crippen LogP contribution in [0.4, 0.5) is 9.59 Å². The van der Waals surface area contributed by atoms with Crippen molar-refractivity contribution in [3.05, 3.63) is 95.1 Å². The number of ether oxygens (including phenoxy) is 2. The topological polar surface area (TPSA) is 114 Å². The van der Waals surface area contributed by atoms with Gasteiger partial charge in [-0.05, 0) is 54.2 Å². The molecule has 0 aliphatic heterocycles. The Hall–Kier alpha value is -4.33. The fourth-order valence-electron chi connectivity index (χ4n) is 4.57. The molecule has 0 fully saturated rings. The van der Waals surface area contributed by atoms with Crippen molar-refractivity contribution < 1.29 is 29.0 Å². The Labute approximate surface area is 222 Å². The minimum absolute atomic E-state index is 0.0175. The zero-order chi connectivity index (χ0) is 27.3. The van der Waals surface area contributed by atoms with E-state index in [1.165, 1.54) is 11.1 Å². The highest BCUT2D eigenvalue weighted by Gasteiger charge is 2.29. The van der Waals surface area contributed by atoms with E-state index >= 15 is 0 Å². The molecule has 2 amide bonds. The van der Waals surface area contributed by atoms with Gasteiger partial charge in [-0.15, -0.1) is 0 Å². The molecule has 1 unspecified atom stereocenters. The number of fused-ring (bicyclic) bond motifs is 3. The summed E-state index contributed by atoms with van der Waals surface area (Å²) >= 11 is 0. The van der Waals surface area contributed by atoms with Crippen LogP contribution in [-0.4, -0.2) is 35.5 Å². The molecule has 1 atom stereocenters. The Balaban J connectivity index is 1.32. The third-order valence-corrected chi connectivity index (χ3v) is 6.23. The number of alkyl carbamates (subject to hydrolysis) is 2. The van der Waals surface area contributed by atoms with Gasteiger partial charge >= 0.3 is 18.2 Å². The van der Waals surface area contributed by atoms with E-state index in [-0.39, 0.29) is 25.5 Å². The lowest BCUT2D eigenvalue weighted by Crippen LogP contribution is -2.35. The van der Waals surface area contributed by atoms with Crippen molar-refractivity contribution in [2.75, 3.05) is 6.61 Å². The van der Waals surface area contributed by atoms with Gasteiger partial charge in [0, 0.05) is 12.5 Å². The minimum Gasteiger partial charge on any atom is -0.481 e. The molecular weight excluding hydrogens is 484 g/mol. The second-order valence-corrected chi connectivity index (χ2v) is 10.2. The molecule has 0 bridgehead atoms. The molecule has 3 aromatic carbocycles. The van der Waals surface area contributed by atoms with Crippen LogP contribution in [0.3, 0.4) is 0 Å². The second-order valence-electron chi connectivity index (χ2n) is 10.2. The minimum atomic E-state index is -1.05. The average molecular weight is 517 g/mol. The number of carboxylic acid groups (broad SMARTS) is 1. The van der Waals surface area contributed by atoms with Gasteiger partial charge in [-0.3, -0.25) is 4.79 Å². The van der Waals surface area contributed by atoms with Crippen molar-refractivity contribution in [1.29, 1.82) is 0 Å². The SMILES string of the molecule is CC(C)(C)OC(=O)NC(CC(=O)O)c1ccc(CNC(=O)OCC2c3ccccc3-c3ccccc32)cc1. The maximum Gasteiger partial charge on any atom is 0.408 e. The number of benzene rings is 3. The largest absolute Gasteiger partial charge is 0.481 e. The van der Waals surface area contributed by atoms with Crippen LogP contribution in [0.25, 0.3) is 11.1 Å². The summed E-state index contributed by atoms with van der Waals surface area (Å²) in [5.74, 6) is -1.07. The number of carbonyl (C=O) groups is 3. The van der Waals surface area contributed by atoms with E-state index < -0.39 is 29.8 Å². The molecule has 0 saturated carbocycles. The summed E-state index contributed by atoms with van der Waals surface area (Å²) in [4.78, 5) is 36.0. The molecule has 4 rings (SSSR count). The van der Waals surface area contributed by atoms with E-state index in [1.807, 2.05) is 24.3 Å². The van der Waals surface area contributed by atoms with Crippen LogP contribution in [0.2, 0.25) is 0 Å². The quantitative estimate of drug-likeness (QED) is 0.350. The first kappa shape index (κ1) is 26.7. The van der Waals surface area contributed by atoms with Crippen LogP contribution in [0.1, 0.15) is 61.4 Å². The van der Waals surface area contributed by atoms with Crippen molar-refractivity contribution in [3.8, 4) is 11.1 Å². The smallest absolute Gasteiger partial charge is 0.408 e. The molecule has 198 valence electrons. The number of carboxylic acids is 1. The molecule has 8 nitrogen and oxygen atoms in total. The third kappa shape index (κ3) is 6.70. The molecule has 0 heterocycles. The summed E-state index contributed by atoms with van der Waals surface area (Å²) < 4.78 is 10.8. The van der Waals surface area contributed by atoms with Gasteiger partial charge in [0.1, 0.15) is 12.2 Å². The third-order valence-electron chi connectivity index (χ3n) is 6.23. The van der Waals surface area contributed by atoms with Crippen LogP contribution >= 0.6 is 0 Å². The van der Waals surface area contributed by atoms with Crippen LogP contribution in [0, 0.1) is 0 Å². The van der Waals surface area contributed by atoms with Gasteiger partial charge < -0.3 is 25.2 Å². The van der Waals surface area contributed by atoms with Crippen molar-refractivity contribution in [3.63, 3.8) is 0 Å². The summed E-state index contributed by atoms with van der Waals surface area (Å²) in [6.07, 6.45) is -1.51. The molecule has 1 aliphatic rings. The lowest BCUT2D eigenvalue weighted by molar-refractivity contribution is -0.137. The molecular formula is C30H32N2O6. The predicted molar refractivity (Wildman–Crippen MR) is 143 cm³/mol. The number of carbonyl (C=O) groups excluding carboxylic acids is 2. The van der Waals surface area contributed by atoms with Gasteiger partial charge in [0.15, 0.2) is 0 Å². The summed E-state index contributed by atoms with van der Waals surface area (Å²) in [5.41, 5.74) is 5.34. The van der Waals surface area contributed by atoms with Gasteiger partial charge in [-0.1, -0.05) is 72.8 Å². The first-order valence-corrected chi connectivity index (χ1v) is 12.5. The van der Waals surface area contributed by atoms with Gasteiger partial charge in [0.05, 0.1) is 12.5 Å². The zero-order valence-electron chi connectivity index (χ0n) is 21.7. The summed E-state index contributed by atoms with van der Waals surface area (Å²) in [6, 6.07) is 22.5. The van der Waals surface area contributed by atoms with Crippen LogP contribution < -0.4 is 10.6 Å². The highest BCUT2D eigenvalue weighted by atomic mass is 16.6. The van der Waals surface area contributed by atoms with Crippen molar-refractivity contribution in [2.24, 2.45) is 0 Å². The van der Waals surface area contributed by atoms with E-state index in [9.17, 15) is 19.5 Å². The van der Waals surface area contributed by atoms with E-state index in [0.717, 1.165) is 16.7 Å². The Kier molecular flexibility index (Phi) is 8.00. The number of rotatable bonds is 8. The van der Waals surface area contributed by atoms with E-state index in [1.54, 1.807) is 45.0 Å². The van der Waals surface area contributed by atoms with Crippen LogP contribution in [0.15, 0.2) is 72.8 Å². The summed E-state index contributed by atoms with van der Waals surface area (Å²) in [6.45, 7) is 5.66. The van der Waals surface area contributed by atoms with E-state index in [0.29, 0.717) is 5.56 Å². The van der Waals surface area contributed by atoms with Gasteiger partial charge in [-0.25, -0.2) is 9.59 Å². The average Bonchev–Trinajstić information content (AvgIpc) is 3.18. The van der Waals surface area contributed by atoms with Crippen LogP contribution in [0.5, 0.6) is 0 Å². The van der Waals surface area contributed by atoms with Crippen molar-refractivity contribution >= 4 is 18.2 Å². The Morgan fingerprint density at radius 1 is 0.868 bits per heavy atom. The van der Waals surface area contributed by atoms with Gasteiger partial charge in [0.2, 0.25) is 0 Å². The summed E-state index contributed by atoms with van der Waals surface area (Å²) in [7, 11) is 0. The molecule has 3 aromatic rings. The molecule has 8 heteroatoms. The normalized spacial score (nSPS) is 13.1. The number of hydrogen-bond acceptors (Lipinski definition) is 5. The fourth-order valence-corrected chi connectivity index (χ4v) is 4.57. The molecule has 1 aliphatic carbocycles. The Bertz CT molecular complexity index is 1270. The Morgan fingerprint density at radius 3 is 2.00 bits per heavy atom. The van der Waals surface area contributed by atoms with Crippen LogP contribution in [-0.2, 0) is 20.8 Å². The molecule has 0 spiro atoms. The maximum absolute atomic E-state index is 12.5. The number of amides is 2. The van der Waals surface area contributed by atoms with E-state index in [4.69, 9.17) is 9.47 Å². The Morgan fingerprint density at radius 2 is 1.45 bits per heavy atom. The monoisotopic (exact) mass is 516 g/mol. The van der Waals surface area contributed by atoms with Gasteiger partial charge in [-0.2, -0.15) is 0 Å². The number of aliphatic carboxylic acids is 1. The highest BCUT2D eigenvalue weighted by molar-refractivity contribution is 5.79. The zero-order valence-corrected chi connectivity index (χ0v) is 21.7. The molecule has 0 saturated heterocycles. The van der Waals surface area contributed by atoms with Gasteiger partial charge in [0.25, 0.3) is 0 Å². The second kappa shape index (κ2) is 11.4. The van der Waals surface area contributed by atoms with Crippen molar-refractivity contribution in [1.82, 2.24) is 10.6 Å². The predicted octanol–water partition coefficient (Wildman–Crippen LogP) is 5.77. The lowest BCUT2D eigenvalue weighted by Gasteiger charge is -2.23. The maximum atomic E-state index is 12.5. The highest BCUT2D eigenvalue weighted by Crippen LogP contribution is 2.44. The standard InChI is InChI=1S/C30H32N2O6/c1-30(2,3)38-29(36)32-26(16-27(33)34)20-14-12-19(13-15-20)17-31-28(35)37-18-25-23-10-6-4-8-21(23)22-9-5-7-11-24(22)25/h4-15,25-26H,16-18H2,1-3H3,(H,31,35)(H,32,36)(H,33,34). The number of hydrogen-bond donors (Lipinski definition) is 3. The molecule has 0 aromatic heterocycles. The fraction of sp³-hybridized carbons (Fsp3) is 0.300. The summed E-state index contributed by atoms with van der Waals surface area (Å²) in [5, 5.41) is 14.7.